The first kappa shape index (κ1) is 8.25. The monoisotopic (exact) mass is 203 g/mol. The van der Waals surface area contributed by atoms with Gasteiger partial charge >= 0.3 is 0 Å². The molecule has 2 heteroatoms. The average molecular weight is 204 g/mol. The second-order valence-electron chi connectivity index (χ2n) is 3.83. The van der Waals surface area contributed by atoms with Crippen LogP contribution in [0.15, 0.2) is 30.3 Å². The molecule has 0 spiro atoms. The van der Waals surface area contributed by atoms with Gasteiger partial charge in [-0.05, 0) is 24.3 Å². The molecule has 70 valence electrons. The zero-order valence-corrected chi connectivity index (χ0v) is 8.46. The molecule has 1 heterocycles. The predicted molar refractivity (Wildman–Crippen MR) is 58.7 cm³/mol. The van der Waals surface area contributed by atoms with Crippen molar-refractivity contribution in [2.24, 2.45) is 0 Å². The van der Waals surface area contributed by atoms with E-state index in [9.17, 15) is 0 Å². The topological polar surface area (TPSA) is 12.9 Å². The lowest BCUT2D eigenvalue weighted by molar-refractivity contribution is 1.05. The predicted octanol–water partition coefficient (Wildman–Crippen LogP) is 3.77. The normalized spacial score (nSPS) is 16.1. The minimum Gasteiger partial charge on any atom is -0.240 e. The number of hydrogen-bond acceptors (Lipinski definition) is 1. The molecule has 1 aliphatic rings. The van der Waals surface area contributed by atoms with E-state index in [1.165, 1.54) is 29.3 Å². The fourth-order valence-electron chi connectivity index (χ4n) is 1.86. The van der Waals surface area contributed by atoms with E-state index in [2.05, 4.69) is 23.2 Å². The molecule has 0 atom stereocenters. The SMILES string of the molecule is Clc1cc2ccccc2c(C2CC2)n1. The van der Waals surface area contributed by atoms with Crippen molar-refractivity contribution in [2.75, 3.05) is 0 Å². The van der Waals surface area contributed by atoms with Gasteiger partial charge in [0.2, 0.25) is 0 Å². The van der Waals surface area contributed by atoms with E-state index in [1.54, 1.807) is 0 Å². The van der Waals surface area contributed by atoms with E-state index in [-0.39, 0.29) is 0 Å². The molecule has 1 nitrogen and oxygen atoms in total. The summed E-state index contributed by atoms with van der Waals surface area (Å²) in [4.78, 5) is 4.43. The molecule has 1 fully saturated rings. The number of aromatic nitrogens is 1. The summed E-state index contributed by atoms with van der Waals surface area (Å²) in [5.74, 6) is 0.651. The van der Waals surface area contributed by atoms with Gasteiger partial charge in [-0.1, -0.05) is 35.9 Å². The van der Waals surface area contributed by atoms with Crippen LogP contribution in [0.4, 0.5) is 0 Å². The Balaban J connectivity index is 2.34. The Morgan fingerprint density at radius 3 is 2.79 bits per heavy atom. The van der Waals surface area contributed by atoms with Crippen molar-refractivity contribution in [1.82, 2.24) is 4.98 Å². The molecule has 0 saturated heterocycles. The minimum atomic E-state index is 0.616. The quantitative estimate of drug-likeness (QED) is 0.643. The van der Waals surface area contributed by atoms with Crippen molar-refractivity contribution in [3.05, 3.63) is 41.2 Å². The van der Waals surface area contributed by atoms with Crippen molar-refractivity contribution in [3.63, 3.8) is 0 Å². The van der Waals surface area contributed by atoms with E-state index in [4.69, 9.17) is 11.6 Å². The summed E-state index contributed by atoms with van der Waals surface area (Å²) < 4.78 is 0. The molecule has 2 aromatic rings. The summed E-state index contributed by atoms with van der Waals surface area (Å²) >= 11 is 5.98. The molecule has 0 aliphatic heterocycles. The van der Waals surface area contributed by atoms with Gasteiger partial charge in [0.1, 0.15) is 5.15 Å². The summed E-state index contributed by atoms with van der Waals surface area (Å²) in [5, 5.41) is 3.08. The first-order chi connectivity index (χ1) is 6.84. The molecule has 14 heavy (non-hydrogen) atoms. The van der Waals surface area contributed by atoms with E-state index in [0.717, 1.165) is 0 Å². The van der Waals surface area contributed by atoms with Crippen LogP contribution in [0, 0.1) is 0 Å². The van der Waals surface area contributed by atoms with Crippen LogP contribution in [-0.4, -0.2) is 4.98 Å². The Bertz CT molecular complexity index is 489. The number of rotatable bonds is 1. The molecule has 0 N–H and O–H groups in total. The third kappa shape index (κ3) is 1.28. The second kappa shape index (κ2) is 2.96. The van der Waals surface area contributed by atoms with Gasteiger partial charge in [0, 0.05) is 11.3 Å². The lowest BCUT2D eigenvalue weighted by atomic mass is 10.1. The number of nitrogens with zero attached hydrogens (tertiary/aromatic N) is 1. The Kier molecular flexibility index (Phi) is 1.74. The van der Waals surface area contributed by atoms with Gasteiger partial charge in [0.25, 0.3) is 0 Å². The maximum absolute atomic E-state index is 5.98. The van der Waals surface area contributed by atoms with Crippen LogP contribution in [-0.2, 0) is 0 Å². The van der Waals surface area contributed by atoms with E-state index in [1.807, 2.05) is 12.1 Å². The summed E-state index contributed by atoms with van der Waals surface area (Å²) in [6.45, 7) is 0. The molecular formula is C12H10ClN. The first-order valence-electron chi connectivity index (χ1n) is 4.90. The summed E-state index contributed by atoms with van der Waals surface area (Å²) in [5.41, 5.74) is 1.19. The Hall–Kier alpha value is -1.08. The molecule has 1 aliphatic carbocycles. The third-order valence-corrected chi connectivity index (χ3v) is 2.90. The fraction of sp³-hybridized carbons (Fsp3) is 0.250. The Morgan fingerprint density at radius 2 is 2.00 bits per heavy atom. The highest BCUT2D eigenvalue weighted by atomic mass is 35.5. The number of hydrogen-bond donors (Lipinski definition) is 0. The second-order valence-corrected chi connectivity index (χ2v) is 4.21. The van der Waals surface area contributed by atoms with E-state index < -0.39 is 0 Å². The van der Waals surface area contributed by atoms with Crippen molar-refractivity contribution in [3.8, 4) is 0 Å². The minimum absolute atomic E-state index is 0.616. The first-order valence-corrected chi connectivity index (χ1v) is 5.27. The molecular weight excluding hydrogens is 194 g/mol. The molecule has 1 saturated carbocycles. The summed E-state index contributed by atoms with van der Waals surface area (Å²) in [6, 6.07) is 10.3. The molecule has 3 rings (SSSR count). The van der Waals surface area contributed by atoms with Crippen LogP contribution < -0.4 is 0 Å². The number of pyridine rings is 1. The number of halogens is 1. The zero-order chi connectivity index (χ0) is 9.54. The van der Waals surface area contributed by atoms with Crippen molar-refractivity contribution >= 4 is 22.4 Å². The third-order valence-electron chi connectivity index (χ3n) is 2.70. The van der Waals surface area contributed by atoms with Gasteiger partial charge in [-0.15, -0.1) is 0 Å². The van der Waals surface area contributed by atoms with E-state index in [0.29, 0.717) is 11.1 Å². The van der Waals surface area contributed by atoms with Crippen LogP contribution in [0.25, 0.3) is 10.8 Å². The van der Waals surface area contributed by atoms with Crippen LogP contribution in [0.2, 0.25) is 5.15 Å². The van der Waals surface area contributed by atoms with Gasteiger partial charge in [0.15, 0.2) is 0 Å². The number of benzene rings is 1. The van der Waals surface area contributed by atoms with Crippen LogP contribution in [0.1, 0.15) is 24.5 Å². The molecule has 0 unspecified atom stereocenters. The van der Waals surface area contributed by atoms with Crippen LogP contribution >= 0.6 is 11.6 Å². The summed E-state index contributed by atoms with van der Waals surface area (Å²) in [6.07, 6.45) is 2.52. The molecule has 0 amide bonds. The highest BCUT2D eigenvalue weighted by molar-refractivity contribution is 6.30. The lowest BCUT2D eigenvalue weighted by Crippen LogP contribution is -1.89. The Morgan fingerprint density at radius 1 is 1.21 bits per heavy atom. The van der Waals surface area contributed by atoms with Crippen molar-refractivity contribution in [2.45, 2.75) is 18.8 Å². The largest absolute Gasteiger partial charge is 0.240 e. The Labute approximate surface area is 87.7 Å². The average Bonchev–Trinajstić information content (AvgIpc) is 2.99. The van der Waals surface area contributed by atoms with Crippen molar-refractivity contribution in [1.29, 1.82) is 0 Å². The molecule has 1 aromatic carbocycles. The molecule has 1 aromatic heterocycles. The molecule has 0 radical (unpaired) electrons. The maximum atomic E-state index is 5.98. The van der Waals surface area contributed by atoms with Crippen LogP contribution in [0.3, 0.4) is 0 Å². The highest BCUT2D eigenvalue weighted by Gasteiger charge is 2.27. The number of fused-ring (bicyclic) bond motifs is 1. The fourth-order valence-corrected chi connectivity index (χ4v) is 2.07. The smallest absolute Gasteiger partial charge is 0.129 e. The van der Waals surface area contributed by atoms with Gasteiger partial charge < -0.3 is 0 Å². The van der Waals surface area contributed by atoms with Gasteiger partial charge in [-0.2, -0.15) is 0 Å². The standard InChI is InChI=1S/C12H10ClN/c13-11-7-9-3-1-2-4-10(9)12(14-11)8-5-6-8/h1-4,7-8H,5-6H2. The van der Waals surface area contributed by atoms with Gasteiger partial charge in [0.05, 0.1) is 5.69 Å². The zero-order valence-electron chi connectivity index (χ0n) is 7.70. The van der Waals surface area contributed by atoms with Gasteiger partial charge in [-0.3, -0.25) is 0 Å². The van der Waals surface area contributed by atoms with E-state index >= 15 is 0 Å². The maximum Gasteiger partial charge on any atom is 0.129 e. The van der Waals surface area contributed by atoms with Crippen molar-refractivity contribution < 1.29 is 0 Å². The lowest BCUT2D eigenvalue weighted by Gasteiger charge is -2.04. The summed E-state index contributed by atoms with van der Waals surface area (Å²) in [7, 11) is 0. The highest BCUT2D eigenvalue weighted by Crippen LogP contribution is 2.42. The molecule has 0 bridgehead atoms. The van der Waals surface area contributed by atoms with Gasteiger partial charge in [-0.25, -0.2) is 4.98 Å². The van der Waals surface area contributed by atoms with Crippen LogP contribution in [0.5, 0.6) is 0 Å².